The Morgan fingerprint density at radius 1 is 0.972 bits per heavy atom. The van der Waals surface area contributed by atoms with Crippen molar-refractivity contribution >= 4 is 53.7 Å². The molecular weight excluding hydrogens is 540 g/mol. The van der Waals surface area contributed by atoms with Crippen LogP contribution in [0.3, 0.4) is 0 Å². The molecule has 1 aliphatic rings. The predicted octanol–water partition coefficient (Wildman–Crippen LogP) is 4.94. The standard InChI is InChI=1S/C27H23BrN4O3S/c1-15-9-11-16(12-10-15)36(34,35)32-22-14-30-27(33)26-25(17-5-2-3-7-20(17)31-26)24(22)18-13-29-21-8-4-6-19(28)23(18)21/h2-13,22,24,29,31-32H,14H2,1H3,(H,30,33)/t22-,24+/m0/s1. The number of aromatic nitrogens is 2. The van der Waals surface area contributed by atoms with Crippen molar-refractivity contribution in [1.82, 2.24) is 20.0 Å². The summed E-state index contributed by atoms with van der Waals surface area (Å²) in [6.45, 7) is 2.04. The van der Waals surface area contributed by atoms with Crippen molar-refractivity contribution in [2.24, 2.45) is 0 Å². The van der Waals surface area contributed by atoms with E-state index < -0.39 is 22.0 Å². The predicted molar refractivity (Wildman–Crippen MR) is 144 cm³/mol. The molecule has 6 rings (SSSR count). The average Bonchev–Trinajstić information content (AvgIpc) is 3.43. The lowest BCUT2D eigenvalue weighted by atomic mass is 9.84. The summed E-state index contributed by atoms with van der Waals surface area (Å²) in [5.74, 6) is -0.718. The highest BCUT2D eigenvalue weighted by Crippen LogP contribution is 2.42. The normalized spacial score (nSPS) is 18.2. The van der Waals surface area contributed by atoms with Crippen molar-refractivity contribution in [3.8, 4) is 0 Å². The van der Waals surface area contributed by atoms with E-state index in [1.807, 2.05) is 55.6 Å². The van der Waals surface area contributed by atoms with Gasteiger partial charge in [0.25, 0.3) is 5.91 Å². The quantitative estimate of drug-likeness (QED) is 0.249. The Labute approximate surface area is 216 Å². The molecule has 7 nitrogen and oxygen atoms in total. The Hall–Kier alpha value is -3.40. The van der Waals surface area contributed by atoms with Crippen LogP contribution in [0.25, 0.3) is 21.8 Å². The molecule has 1 aliphatic heterocycles. The third kappa shape index (κ3) is 3.75. The largest absolute Gasteiger partial charge is 0.361 e. The van der Waals surface area contributed by atoms with Gasteiger partial charge in [0.05, 0.1) is 10.9 Å². The van der Waals surface area contributed by atoms with Crippen molar-refractivity contribution in [2.45, 2.75) is 23.8 Å². The highest BCUT2D eigenvalue weighted by atomic mass is 79.9. The smallest absolute Gasteiger partial charge is 0.268 e. The zero-order chi connectivity index (χ0) is 25.0. The second-order valence-electron chi connectivity index (χ2n) is 9.09. The molecule has 0 saturated heterocycles. The van der Waals surface area contributed by atoms with Crippen LogP contribution in [0, 0.1) is 6.92 Å². The van der Waals surface area contributed by atoms with Gasteiger partial charge >= 0.3 is 0 Å². The summed E-state index contributed by atoms with van der Waals surface area (Å²) in [5, 5.41) is 4.77. The summed E-state index contributed by atoms with van der Waals surface area (Å²) >= 11 is 3.68. The molecule has 2 aromatic heterocycles. The maximum atomic E-state index is 13.5. The molecule has 0 radical (unpaired) electrons. The second-order valence-corrected chi connectivity index (χ2v) is 11.7. The van der Waals surface area contributed by atoms with E-state index in [0.29, 0.717) is 5.69 Å². The van der Waals surface area contributed by atoms with Crippen molar-refractivity contribution < 1.29 is 13.2 Å². The van der Waals surface area contributed by atoms with Crippen LogP contribution in [-0.4, -0.2) is 36.9 Å². The molecule has 0 bridgehead atoms. The summed E-state index contributed by atoms with van der Waals surface area (Å²) in [5.41, 5.74) is 4.83. The molecule has 2 atom stereocenters. The Balaban J connectivity index is 1.58. The van der Waals surface area contributed by atoms with Crippen molar-refractivity contribution in [3.63, 3.8) is 0 Å². The van der Waals surface area contributed by atoms with Crippen molar-refractivity contribution in [2.75, 3.05) is 6.54 Å². The molecular formula is C27H23BrN4O3S. The lowest BCUT2D eigenvalue weighted by Crippen LogP contribution is -2.45. The number of rotatable bonds is 4. The van der Waals surface area contributed by atoms with Crippen LogP contribution in [0.15, 0.2) is 82.3 Å². The second kappa shape index (κ2) is 8.62. The molecule has 0 unspecified atom stereocenters. The molecule has 0 aliphatic carbocycles. The van der Waals surface area contributed by atoms with E-state index in [1.54, 1.807) is 24.3 Å². The summed E-state index contributed by atoms with van der Waals surface area (Å²) in [4.78, 5) is 20.0. The van der Waals surface area contributed by atoms with Crippen LogP contribution >= 0.6 is 15.9 Å². The summed E-state index contributed by atoms with van der Waals surface area (Å²) in [7, 11) is -3.87. The van der Waals surface area contributed by atoms with Gasteiger partial charge in [-0.15, -0.1) is 0 Å². The number of para-hydroxylation sites is 1. The van der Waals surface area contributed by atoms with Crippen molar-refractivity contribution in [3.05, 3.63) is 99.8 Å². The Bertz CT molecular complexity index is 1740. The van der Waals surface area contributed by atoms with Gasteiger partial charge in [-0.1, -0.05) is 57.9 Å². The van der Waals surface area contributed by atoms with Crippen molar-refractivity contribution in [1.29, 1.82) is 0 Å². The maximum absolute atomic E-state index is 13.5. The SMILES string of the molecule is Cc1ccc(S(=O)(=O)N[C@H]2CNC(=O)c3[nH]c4ccccc4c3[C@@H]2c2c[nH]c3cccc(Br)c23)cc1. The monoisotopic (exact) mass is 562 g/mol. The first-order valence-electron chi connectivity index (χ1n) is 11.6. The van der Waals surface area contributed by atoms with Gasteiger partial charge in [-0.05, 0) is 48.4 Å². The molecule has 0 saturated carbocycles. The maximum Gasteiger partial charge on any atom is 0.268 e. The van der Waals surface area contributed by atoms with Gasteiger partial charge in [0.1, 0.15) is 5.69 Å². The number of H-pyrrole nitrogens is 2. The van der Waals surface area contributed by atoms with E-state index in [4.69, 9.17) is 0 Å². The van der Waals surface area contributed by atoms with Gasteiger partial charge in [-0.25, -0.2) is 13.1 Å². The lowest BCUT2D eigenvalue weighted by molar-refractivity contribution is 0.0950. The highest BCUT2D eigenvalue weighted by Gasteiger charge is 2.38. The number of benzene rings is 3. The molecule has 0 spiro atoms. The third-order valence-corrected chi connectivity index (χ3v) is 8.99. The van der Waals surface area contributed by atoms with E-state index in [1.165, 1.54) is 0 Å². The summed E-state index contributed by atoms with van der Waals surface area (Å²) in [6.07, 6.45) is 1.91. The number of amides is 1. The number of aryl methyl sites for hydroxylation is 1. The number of nitrogens with one attached hydrogen (secondary N) is 4. The molecule has 3 aromatic carbocycles. The van der Waals surface area contributed by atoms with Crippen LogP contribution in [0.4, 0.5) is 0 Å². The van der Waals surface area contributed by atoms with Gasteiger partial charge < -0.3 is 15.3 Å². The van der Waals surface area contributed by atoms with E-state index in [9.17, 15) is 13.2 Å². The summed E-state index contributed by atoms with van der Waals surface area (Å²) in [6, 6.07) is 19.7. The van der Waals surface area contributed by atoms with Gasteiger partial charge in [0, 0.05) is 44.9 Å². The first-order chi connectivity index (χ1) is 17.3. The number of carbonyl (C=O) groups is 1. The van der Waals surface area contributed by atoms with E-state index in [-0.39, 0.29) is 17.3 Å². The number of hydrogen-bond donors (Lipinski definition) is 4. The Kier molecular flexibility index (Phi) is 5.51. The average molecular weight is 563 g/mol. The first-order valence-corrected chi connectivity index (χ1v) is 13.8. The molecule has 3 heterocycles. The van der Waals surface area contributed by atoms with Crippen LogP contribution in [-0.2, 0) is 10.0 Å². The molecule has 36 heavy (non-hydrogen) atoms. The van der Waals surface area contributed by atoms with Crippen LogP contribution in [0.1, 0.15) is 33.1 Å². The van der Waals surface area contributed by atoms with Crippen LogP contribution < -0.4 is 10.0 Å². The first kappa shape index (κ1) is 23.0. The van der Waals surface area contributed by atoms with Gasteiger partial charge in [-0.2, -0.15) is 0 Å². The Morgan fingerprint density at radius 2 is 1.72 bits per heavy atom. The third-order valence-electron chi connectivity index (χ3n) is 6.83. The molecule has 0 fully saturated rings. The van der Waals surface area contributed by atoms with E-state index >= 15 is 0 Å². The zero-order valence-electron chi connectivity index (χ0n) is 19.3. The van der Waals surface area contributed by atoms with E-state index in [0.717, 1.165) is 43.0 Å². The zero-order valence-corrected chi connectivity index (χ0v) is 21.7. The number of sulfonamides is 1. The topological polar surface area (TPSA) is 107 Å². The number of aromatic amines is 2. The van der Waals surface area contributed by atoms with Gasteiger partial charge in [0.15, 0.2) is 0 Å². The molecule has 182 valence electrons. The number of carbonyl (C=O) groups excluding carboxylic acids is 1. The van der Waals surface area contributed by atoms with Crippen LogP contribution in [0.5, 0.6) is 0 Å². The molecule has 9 heteroatoms. The number of halogens is 1. The minimum atomic E-state index is -3.87. The van der Waals surface area contributed by atoms with Gasteiger partial charge in [-0.3, -0.25) is 4.79 Å². The minimum absolute atomic E-state index is 0.128. The minimum Gasteiger partial charge on any atom is -0.361 e. The van der Waals surface area contributed by atoms with Gasteiger partial charge in [0.2, 0.25) is 10.0 Å². The lowest BCUT2D eigenvalue weighted by Gasteiger charge is -2.27. The van der Waals surface area contributed by atoms with Crippen LogP contribution in [0.2, 0.25) is 0 Å². The number of hydrogen-bond acceptors (Lipinski definition) is 3. The Morgan fingerprint density at radius 3 is 2.53 bits per heavy atom. The molecule has 1 amide bonds. The highest BCUT2D eigenvalue weighted by molar-refractivity contribution is 9.10. The molecule has 4 N–H and O–H groups in total. The van der Waals surface area contributed by atoms with E-state index in [2.05, 4.69) is 35.9 Å². The number of fused-ring (bicyclic) bond motifs is 4. The fourth-order valence-electron chi connectivity index (χ4n) is 5.15. The molecule has 5 aromatic rings. The summed E-state index contributed by atoms with van der Waals surface area (Å²) < 4.78 is 30.8. The fourth-order valence-corrected chi connectivity index (χ4v) is 7.00. The fraction of sp³-hybridized carbons (Fsp3) is 0.148.